The van der Waals surface area contributed by atoms with Crippen LogP contribution in [0.25, 0.3) is 11.0 Å². The standard InChI is InChI=1S/C28H31N3O3/c1-5-31-25-14-13-24(19(3)27(25)29-30-31)26(22-12-11-18(2)23(15-22)16-32)20(4)28(33)34-17-21-9-7-6-8-10-21/h6-15,20,26,32H,5,16-17H2,1-4H3/t20?,26-/m1/s1. The molecule has 0 aliphatic rings. The second-order valence-corrected chi connectivity index (χ2v) is 8.76. The molecule has 6 heteroatoms. The molecule has 2 atom stereocenters. The predicted molar refractivity (Wildman–Crippen MR) is 132 cm³/mol. The summed E-state index contributed by atoms with van der Waals surface area (Å²) in [5.41, 5.74) is 7.59. The van der Waals surface area contributed by atoms with Crippen molar-refractivity contribution >= 4 is 17.0 Å². The largest absolute Gasteiger partial charge is 0.461 e. The lowest BCUT2D eigenvalue weighted by molar-refractivity contribution is -0.149. The van der Waals surface area contributed by atoms with E-state index in [1.807, 2.05) is 87.0 Å². The van der Waals surface area contributed by atoms with E-state index in [2.05, 4.69) is 16.4 Å². The van der Waals surface area contributed by atoms with Crippen molar-refractivity contribution in [2.45, 2.75) is 53.4 Å². The zero-order valence-electron chi connectivity index (χ0n) is 20.2. The molecule has 34 heavy (non-hydrogen) atoms. The van der Waals surface area contributed by atoms with E-state index in [1.165, 1.54) is 0 Å². The average molecular weight is 458 g/mol. The van der Waals surface area contributed by atoms with Crippen LogP contribution in [0.5, 0.6) is 0 Å². The summed E-state index contributed by atoms with van der Waals surface area (Å²) in [6.45, 7) is 8.86. The maximum absolute atomic E-state index is 13.2. The van der Waals surface area contributed by atoms with E-state index in [9.17, 15) is 9.90 Å². The molecule has 0 fully saturated rings. The molecule has 1 unspecified atom stereocenters. The van der Waals surface area contributed by atoms with Gasteiger partial charge >= 0.3 is 5.97 Å². The molecule has 0 aliphatic heterocycles. The van der Waals surface area contributed by atoms with Gasteiger partial charge < -0.3 is 9.84 Å². The van der Waals surface area contributed by atoms with E-state index in [0.29, 0.717) is 0 Å². The molecule has 3 aromatic carbocycles. The second kappa shape index (κ2) is 10.2. The van der Waals surface area contributed by atoms with E-state index in [1.54, 1.807) is 0 Å². The lowest BCUT2D eigenvalue weighted by Crippen LogP contribution is -2.24. The SMILES string of the molecule is CCn1nnc2c(C)c([C@@H](c3ccc(C)c(CO)c3)C(C)C(=O)OCc3ccccc3)ccc21. The molecule has 4 aromatic rings. The quantitative estimate of drug-likeness (QED) is 0.374. The van der Waals surface area contributed by atoms with Crippen LogP contribution < -0.4 is 0 Å². The summed E-state index contributed by atoms with van der Waals surface area (Å²) < 4.78 is 7.59. The highest BCUT2D eigenvalue weighted by Crippen LogP contribution is 2.37. The molecule has 176 valence electrons. The fraction of sp³-hybridized carbons (Fsp3) is 0.321. The zero-order chi connectivity index (χ0) is 24.2. The maximum atomic E-state index is 13.2. The van der Waals surface area contributed by atoms with Gasteiger partial charge in [-0.2, -0.15) is 0 Å². The third-order valence-corrected chi connectivity index (χ3v) is 6.62. The lowest BCUT2D eigenvalue weighted by atomic mass is 9.79. The molecule has 0 aliphatic carbocycles. The third-order valence-electron chi connectivity index (χ3n) is 6.62. The molecule has 1 aromatic heterocycles. The van der Waals surface area contributed by atoms with Gasteiger partial charge in [-0.15, -0.1) is 5.10 Å². The van der Waals surface area contributed by atoms with Gasteiger partial charge in [0.2, 0.25) is 0 Å². The van der Waals surface area contributed by atoms with Crippen molar-refractivity contribution in [3.8, 4) is 0 Å². The van der Waals surface area contributed by atoms with Gasteiger partial charge in [-0.1, -0.05) is 66.7 Å². The summed E-state index contributed by atoms with van der Waals surface area (Å²) in [6.07, 6.45) is 0. The first kappa shape index (κ1) is 23.6. The minimum atomic E-state index is -0.449. The van der Waals surface area contributed by atoms with Crippen LogP contribution in [0, 0.1) is 19.8 Å². The highest BCUT2D eigenvalue weighted by atomic mass is 16.5. The number of rotatable bonds is 8. The predicted octanol–water partition coefficient (Wildman–Crippen LogP) is 5.07. The average Bonchev–Trinajstić information content (AvgIpc) is 3.29. The highest BCUT2D eigenvalue weighted by Gasteiger charge is 2.31. The molecule has 1 heterocycles. The number of nitrogens with zero attached hydrogens (tertiary/aromatic N) is 3. The summed E-state index contributed by atoms with van der Waals surface area (Å²) in [6, 6.07) is 19.8. The second-order valence-electron chi connectivity index (χ2n) is 8.76. The van der Waals surface area contributed by atoms with Crippen LogP contribution in [0.15, 0.2) is 60.7 Å². The molecule has 0 amide bonds. The van der Waals surface area contributed by atoms with Crippen LogP contribution in [0.1, 0.15) is 53.1 Å². The van der Waals surface area contributed by atoms with Crippen molar-refractivity contribution in [2.24, 2.45) is 5.92 Å². The van der Waals surface area contributed by atoms with Gasteiger partial charge in [0.15, 0.2) is 0 Å². The number of carbonyl (C=O) groups is 1. The van der Waals surface area contributed by atoms with Gasteiger partial charge in [-0.3, -0.25) is 4.79 Å². The fourth-order valence-corrected chi connectivity index (χ4v) is 4.54. The highest BCUT2D eigenvalue weighted by molar-refractivity contribution is 5.81. The molecule has 0 bridgehead atoms. The van der Waals surface area contributed by atoms with E-state index in [4.69, 9.17) is 4.74 Å². The van der Waals surface area contributed by atoms with Crippen molar-refractivity contribution in [3.63, 3.8) is 0 Å². The molecule has 0 saturated carbocycles. The monoisotopic (exact) mass is 457 g/mol. The summed E-state index contributed by atoms with van der Waals surface area (Å²) in [5, 5.41) is 18.5. The van der Waals surface area contributed by atoms with Gasteiger partial charge in [0.1, 0.15) is 12.1 Å². The number of benzene rings is 3. The summed E-state index contributed by atoms with van der Waals surface area (Å²) in [4.78, 5) is 13.2. The Morgan fingerprint density at radius 2 is 1.85 bits per heavy atom. The Hall–Kier alpha value is -3.51. The number of aromatic nitrogens is 3. The van der Waals surface area contributed by atoms with Crippen molar-refractivity contribution in [1.82, 2.24) is 15.0 Å². The van der Waals surface area contributed by atoms with Crippen LogP contribution in [0.2, 0.25) is 0 Å². The molecule has 4 rings (SSSR count). The summed E-state index contributed by atoms with van der Waals surface area (Å²) in [5.74, 6) is -0.975. The normalized spacial score (nSPS) is 13.1. The Bertz CT molecular complexity index is 1300. The van der Waals surface area contributed by atoms with Crippen LogP contribution in [-0.4, -0.2) is 26.1 Å². The van der Waals surface area contributed by atoms with Gasteiger partial charge in [-0.05, 0) is 60.2 Å². The number of hydrogen-bond donors (Lipinski definition) is 1. The first-order valence-corrected chi connectivity index (χ1v) is 11.7. The van der Waals surface area contributed by atoms with Crippen molar-refractivity contribution in [3.05, 3.63) is 94.0 Å². The van der Waals surface area contributed by atoms with E-state index in [-0.39, 0.29) is 25.1 Å². The van der Waals surface area contributed by atoms with Crippen LogP contribution in [-0.2, 0) is 29.3 Å². The molecule has 0 spiro atoms. The molecular weight excluding hydrogens is 426 g/mol. The summed E-state index contributed by atoms with van der Waals surface area (Å²) in [7, 11) is 0. The number of aryl methyl sites for hydroxylation is 3. The number of fused-ring (bicyclic) bond motifs is 1. The molecule has 0 radical (unpaired) electrons. The number of esters is 1. The molecule has 1 N–H and O–H groups in total. The first-order valence-electron chi connectivity index (χ1n) is 11.7. The maximum Gasteiger partial charge on any atom is 0.309 e. The van der Waals surface area contributed by atoms with Gasteiger partial charge in [0, 0.05) is 12.5 Å². The Balaban J connectivity index is 1.75. The topological polar surface area (TPSA) is 77.2 Å². The number of aliphatic hydroxyl groups is 1. The van der Waals surface area contributed by atoms with E-state index in [0.717, 1.165) is 51.0 Å². The Labute approximate surface area is 200 Å². The smallest absolute Gasteiger partial charge is 0.309 e. The number of hydrogen-bond acceptors (Lipinski definition) is 5. The Kier molecular flexibility index (Phi) is 7.08. The van der Waals surface area contributed by atoms with Gasteiger partial charge in [0.25, 0.3) is 0 Å². The molecule has 6 nitrogen and oxygen atoms in total. The molecule has 0 saturated heterocycles. The number of aliphatic hydroxyl groups excluding tert-OH is 1. The van der Waals surface area contributed by atoms with E-state index < -0.39 is 5.92 Å². The third kappa shape index (κ3) is 4.59. The minimum Gasteiger partial charge on any atom is -0.461 e. The zero-order valence-corrected chi connectivity index (χ0v) is 20.2. The number of ether oxygens (including phenoxy) is 1. The molecular formula is C28H31N3O3. The van der Waals surface area contributed by atoms with Crippen molar-refractivity contribution in [1.29, 1.82) is 0 Å². The van der Waals surface area contributed by atoms with Crippen LogP contribution >= 0.6 is 0 Å². The van der Waals surface area contributed by atoms with Crippen molar-refractivity contribution in [2.75, 3.05) is 0 Å². The first-order chi connectivity index (χ1) is 16.4. The van der Waals surface area contributed by atoms with Crippen LogP contribution in [0.4, 0.5) is 0 Å². The summed E-state index contributed by atoms with van der Waals surface area (Å²) >= 11 is 0. The Morgan fingerprint density at radius 1 is 1.09 bits per heavy atom. The van der Waals surface area contributed by atoms with E-state index >= 15 is 0 Å². The van der Waals surface area contributed by atoms with Gasteiger partial charge in [0.05, 0.1) is 18.0 Å². The number of carbonyl (C=O) groups excluding carboxylic acids is 1. The van der Waals surface area contributed by atoms with Crippen LogP contribution in [0.3, 0.4) is 0 Å². The Morgan fingerprint density at radius 3 is 2.56 bits per heavy atom. The fourth-order valence-electron chi connectivity index (χ4n) is 4.54. The minimum absolute atomic E-state index is 0.0535. The van der Waals surface area contributed by atoms with Gasteiger partial charge in [-0.25, -0.2) is 4.68 Å². The van der Waals surface area contributed by atoms with Crippen molar-refractivity contribution < 1.29 is 14.6 Å². The lowest BCUT2D eigenvalue weighted by Gasteiger charge is -2.26.